The highest BCUT2D eigenvalue weighted by atomic mass is 16.2. The van der Waals surface area contributed by atoms with Gasteiger partial charge in [-0.15, -0.1) is 0 Å². The molecule has 144 valence electrons. The first-order chi connectivity index (χ1) is 12.9. The number of benzene rings is 2. The van der Waals surface area contributed by atoms with Gasteiger partial charge in [-0.2, -0.15) is 0 Å². The summed E-state index contributed by atoms with van der Waals surface area (Å²) in [5.74, 6) is 0.159. The Morgan fingerprint density at radius 2 is 1.63 bits per heavy atom. The number of hydrogen-bond donors (Lipinski definition) is 2. The van der Waals surface area contributed by atoms with Crippen molar-refractivity contribution in [1.29, 1.82) is 0 Å². The molecule has 5 heteroatoms. The number of para-hydroxylation sites is 1. The first-order valence-electron chi connectivity index (χ1n) is 9.28. The van der Waals surface area contributed by atoms with Gasteiger partial charge in [0.1, 0.15) is 6.54 Å². The molecule has 0 heterocycles. The van der Waals surface area contributed by atoms with Crippen molar-refractivity contribution in [3.8, 4) is 0 Å². The second kappa shape index (κ2) is 9.76. The molecule has 0 saturated heterocycles. The van der Waals surface area contributed by atoms with Crippen LogP contribution in [0, 0.1) is 13.8 Å². The molecule has 0 fully saturated rings. The molecule has 0 aliphatic rings. The molecule has 1 unspecified atom stereocenters. The minimum atomic E-state index is -0.244. The molecule has 2 aromatic carbocycles. The summed E-state index contributed by atoms with van der Waals surface area (Å²) in [6.45, 7) is 6.62. The molecule has 0 spiro atoms. The summed E-state index contributed by atoms with van der Waals surface area (Å²) in [6, 6.07) is 15.8. The lowest BCUT2D eigenvalue weighted by molar-refractivity contribution is -0.116. The van der Waals surface area contributed by atoms with Gasteiger partial charge in [-0.3, -0.25) is 4.79 Å². The van der Waals surface area contributed by atoms with E-state index in [1.165, 1.54) is 10.5 Å². The monoisotopic (exact) mass is 367 g/mol. The summed E-state index contributed by atoms with van der Waals surface area (Å²) in [7, 11) is 1.63. The largest absolute Gasteiger partial charge is 0.338 e. The van der Waals surface area contributed by atoms with Gasteiger partial charge in [0.2, 0.25) is 5.91 Å². The summed E-state index contributed by atoms with van der Waals surface area (Å²) >= 11 is 0. The lowest BCUT2D eigenvalue weighted by atomic mass is 9.98. The molecule has 2 aromatic rings. The molecule has 27 heavy (non-hydrogen) atoms. The highest BCUT2D eigenvalue weighted by molar-refractivity contribution is 5.95. The zero-order valence-corrected chi connectivity index (χ0v) is 16.6. The fourth-order valence-corrected chi connectivity index (χ4v) is 2.96. The minimum Gasteiger partial charge on any atom is -0.338 e. The van der Waals surface area contributed by atoms with Gasteiger partial charge in [-0.05, 0) is 42.9 Å². The quantitative estimate of drug-likeness (QED) is 0.775. The predicted molar refractivity (Wildman–Crippen MR) is 110 cm³/mol. The molecule has 0 aliphatic heterocycles. The van der Waals surface area contributed by atoms with Gasteiger partial charge in [0, 0.05) is 19.3 Å². The molecular weight excluding hydrogens is 338 g/mol. The van der Waals surface area contributed by atoms with E-state index < -0.39 is 0 Å². The van der Waals surface area contributed by atoms with E-state index in [4.69, 9.17) is 0 Å². The van der Waals surface area contributed by atoms with E-state index in [9.17, 15) is 9.59 Å². The normalized spacial score (nSPS) is 11.6. The number of urea groups is 1. The third-order valence-electron chi connectivity index (χ3n) is 4.70. The van der Waals surface area contributed by atoms with E-state index in [2.05, 4.69) is 29.7 Å². The van der Waals surface area contributed by atoms with Gasteiger partial charge in [0.25, 0.3) is 0 Å². The van der Waals surface area contributed by atoms with Crippen LogP contribution < -0.4 is 10.6 Å². The lowest BCUT2D eigenvalue weighted by Gasteiger charge is -2.19. The molecular formula is C22H29N3O2. The summed E-state index contributed by atoms with van der Waals surface area (Å²) in [4.78, 5) is 25.9. The van der Waals surface area contributed by atoms with Gasteiger partial charge in [0.05, 0.1) is 0 Å². The number of rotatable bonds is 7. The van der Waals surface area contributed by atoms with E-state index in [1.807, 2.05) is 50.2 Å². The molecule has 2 N–H and O–H groups in total. The number of amides is 3. The van der Waals surface area contributed by atoms with Gasteiger partial charge >= 0.3 is 6.03 Å². The third-order valence-corrected chi connectivity index (χ3v) is 4.70. The number of aryl methyl sites for hydroxylation is 2. The van der Waals surface area contributed by atoms with E-state index in [1.54, 1.807) is 7.05 Å². The average molecular weight is 367 g/mol. The number of nitrogens with one attached hydrogen (secondary N) is 2. The van der Waals surface area contributed by atoms with Crippen LogP contribution in [0.4, 0.5) is 10.5 Å². The highest BCUT2D eigenvalue weighted by Gasteiger charge is 2.14. The van der Waals surface area contributed by atoms with Crippen LogP contribution in [0.2, 0.25) is 0 Å². The van der Waals surface area contributed by atoms with E-state index in [-0.39, 0.29) is 18.5 Å². The van der Waals surface area contributed by atoms with Gasteiger partial charge in [-0.25, -0.2) is 4.79 Å². The summed E-state index contributed by atoms with van der Waals surface area (Å²) in [6.07, 6.45) is 0.845. The molecule has 0 saturated carbocycles. The van der Waals surface area contributed by atoms with Crippen LogP contribution in [0.3, 0.4) is 0 Å². The zero-order chi connectivity index (χ0) is 19.8. The second-order valence-corrected chi connectivity index (χ2v) is 7.00. The summed E-state index contributed by atoms with van der Waals surface area (Å²) < 4.78 is 0. The third kappa shape index (κ3) is 6.13. The Morgan fingerprint density at radius 1 is 1.00 bits per heavy atom. The first-order valence-corrected chi connectivity index (χ1v) is 9.28. The van der Waals surface area contributed by atoms with E-state index in [0.29, 0.717) is 12.5 Å². The Kier molecular flexibility index (Phi) is 7.41. The van der Waals surface area contributed by atoms with Crippen LogP contribution >= 0.6 is 0 Å². The van der Waals surface area contributed by atoms with Crippen molar-refractivity contribution >= 4 is 17.6 Å². The van der Waals surface area contributed by atoms with Crippen LogP contribution in [-0.2, 0) is 4.79 Å². The molecule has 0 bridgehead atoms. The number of nitrogens with zero attached hydrogens (tertiary/aromatic N) is 1. The Hall–Kier alpha value is -2.82. The zero-order valence-electron chi connectivity index (χ0n) is 16.6. The van der Waals surface area contributed by atoms with Crippen molar-refractivity contribution in [2.75, 3.05) is 25.5 Å². The van der Waals surface area contributed by atoms with Crippen molar-refractivity contribution in [3.63, 3.8) is 0 Å². The van der Waals surface area contributed by atoms with Crippen LogP contribution in [0.1, 0.15) is 36.0 Å². The van der Waals surface area contributed by atoms with Crippen molar-refractivity contribution in [2.45, 2.75) is 33.1 Å². The topological polar surface area (TPSA) is 61.4 Å². The maximum atomic E-state index is 12.3. The fourth-order valence-electron chi connectivity index (χ4n) is 2.96. The smallest absolute Gasteiger partial charge is 0.317 e. The van der Waals surface area contributed by atoms with Crippen molar-refractivity contribution in [3.05, 3.63) is 65.2 Å². The molecule has 0 aromatic heterocycles. The van der Waals surface area contributed by atoms with Gasteiger partial charge in [-0.1, -0.05) is 55.5 Å². The Bertz CT molecular complexity index is 754. The van der Waals surface area contributed by atoms with Gasteiger partial charge in [0.15, 0.2) is 0 Å². The van der Waals surface area contributed by atoms with Crippen molar-refractivity contribution in [2.24, 2.45) is 0 Å². The van der Waals surface area contributed by atoms with E-state index >= 15 is 0 Å². The lowest BCUT2D eigenvalue weighted by Crippen LogP contribution is -2.42. The SMILES string of the molecule is Cc1cccc(C)c1NC(=O)CN(C)C(=O)NCCC(C)c1ccccc1. The predicted octanol–water partition coefficient (Wildman–Crippen LogP) is 4.08. The number of likely N-dealkylation sites (N-methyl/N-ethyl adjacent to an activating group) is 1. The minimum absolute atomic E-state index is 0.00778. The molecule has 0 radical (unpaired) electrons. The second-order valence-electron chi connectivity index (χ2n) is 7.00. The molecule has 1 atom stereocenters. The summed E-state index contributed by atoms with van der Waals surface area (Å²) in [5.41, 5.74) is 4.08. The van der Waals surface area contributed by atoms with Crippen molar-refractivity contribution in [1.82, 2.24) is 10.2 Å². The van der Waals surface area contributed by atoms with Crippen molar-refractivity contribution < 1.29 is 9.59 Å². The maximum absolute atomic E-state index is 12.3. The molecule has 5 nitrogen and oxygen atoms in total. The summed E-state index contributed by atoms with van der Waals surface area (Å²) in [5, 5.41) is 5.78. The highest BCUT2D eigenvalue weighted by Crippen LogP contribution is 2.19. The Labute approximate surface area is 161 Å². The van der Waals surface area contributed by atoms with E-state index in [0.717, 1.165) is 23.2 Å². The first kappa shape index (κ1) is 20.5. The molecule has 0 aliphatic carbocycles. The fraction of sp³-hybridized carbons (Fsp3) is 0.364. The number of anilines is 1. The maximum Gasteiger partial charge on any atom is 0.317 e. The Morgan fingerprint density at radius 3 is 2.26 bits per heavy atom. The van der Waals surface area contributed by atoms with Gasteiger partial charge < -0.3 is 15.5 Å². The average Bonchev–Trinajstić information content (AvgIpc) is 2.65. The molecule has 2 rings (SSSR count). The number of carbonyl (C=O) groups is 2. The van der Waals surface area contributed by atoms with Crippen LogP contribution in [0.5, 0.6) is 0 Å². The van der Waals surface area contributed by atoms with Crippen LogP contribution in [0.15, 0.2) is 48.5 Å². The number of hydrogen-bond acceptors (Lipinski definition) is 2. The Balaban J connectivity index is 1.77. The molecule has 3 amide bonds. The number of carbonyl (C=O) groups excluding carboxylic acids is 2. The standard InChI is InChI=1S/C22H29N3O2/c1-16(19-11-6-5-7-12-19)13-14-23-22(27)25(4)15-20(26)24-21-17(2)9-8-10-18(21)3/h5-12,16H,13-15H2,1-4H3,(H,23,27)(H,24,26). The van der Waals surface area contributed by atoms with Crippen LogP contribution in [0.25, 0.3) is 0 Å². The van der Waals surface area contributed by atoms with Crippen LogP contribution in [-0.4, -0.2) is 37.0 Å².